The van der Waals surface area contributed by atoms with Crippen molar-refractivity contribution in [3.05, 3.63) is 28.4 Å². The first-order valence-electron chi connectivity index (χ1n) is 3.62. The van der Waals surface area contributed by atoms with Gasteiger partial charge < -0.3 is 15.8 Å². The summed E-state index contributed by atoms with van der Waals surface area (Å²) >= 11 is 0. The third-order valence-electron chi connectivity index (χ3n) is 1.45. The maximum absolute atomic E-state index is 10.8. The second-order valence-electron chi connectivity index (χ2n) is 2.53. The van der Waals surface area contributed by atoms with E-state index in [0.717, 1.165) is 0 Å². The molecule has 1 aromatic rings. The Kier molecular flexibility index (Phi) is 2.76. The van der Waals surface area contributed by atoms with Crippen molar-refractivity contribution in [2.24, 2.45) is 5.73 Å². The van der Waals surface area contributed by atoms with E-state index in [0.29, 0.717) is 0 Å². The molecule has 1 aromatic heterocycles. The molecule has 1 heterocycles. The molecule has 0 aliphatic rings. The van der Waals surface area contributed by atoms with Crippen LogP contribution in [0.5, 0.6) is 0 Å². The van der Waals surface area contributed by atoms with E-state index in [9.17, 15) is 9.59 Å². The van der Waals surface area contributed by atoms with E-state index in [4.69, 9.17) is 10.8 Å². The summed E-state index contributed by atoms with van der Waals surface area (Å²) in [6, 6.07) is 0.209. The Morgan fingerprint density at radius 1 is 1.77 bits per heavy atom. The average Bonchev–Trinajstić information content (AvgIpc) is 2.04. The van der Waals surface area contributed by atoms with Crippen LogP contribution in [-0.4, -0.2) is 27.1 Å². The van der Waals surface area contributed by atoms with Gasteiger partial charge in [0, 0.05) is 18.7 Å². The van der Waals surface area contributed by atoms with E-state index in [1.807, 2.05) is 0 Å². The molecule has 0 bridgehead atoms. The molecule has 6 heteroatoms. The van der Waals surface area contributed by atoms with Crippen LogP contribution < -0.4 is 11.3 Å². The fraction of sp³-hybridized carbons (Fsp3) is 0.286. The van der Waals surface area contributed by atoms with E-state index in [1.165, 1.54) is 12.3 Å². The van der Waals surface area contributed by atoms with Crippen LogP contribution in [0.1, 0.15) is 5.82 Å². The van der Waals surface area contributed by atoms with Crippen LogP contribution in [0.3, 0.4) is 0 Å². The fourth-order valence-corrected chi connectivity index (χ4v) is 0.810. The largest absolute Gasteiger partial charge is 0.480 e. The van der Waals surface area contributed by atoms with Crippen molar-refractivity contribution in [3.63, 3.8) is 0 Å². The summed E-state index contributed by atoms with van der Waals surface area (Å²) in [4.78, 5) is 27.2. The van der Waals surface area contributed by atoms with Gasteiger partial charge in [-0.1, -0.05) is 0 Å². The molecule has 6 nitrogen and oxygen atoms in total. The monoisotopic (exact) mass is 183 g/mol. The molecule has 0 aliphatic heterocycles. The van der Waals surface area contributed by atoms with Gasteiger partial charge in [0.25, 0.3) is 5.56 Å². The highest BCUT2D eigenvalue weighted by Gasteiger charge is 2.12. The van der Waals surface area contributed by atoms with Gasteiger partial charge in [-0.3, -0.25) is 9.59 Å². The van der Waals surface area contributed by atoms with Crippen LogP contribution in [0.2, 0.25) is 0 Å². The van der Waals surface area contributed by atoms with Gasteiger partial charge in [-0.2, -0.15) is 0 Å². The third-order valence-corrected chi connectivity index (χ3v) is 1.45. The van der Waals surface area contributed by atoms with E-state index in [-0.39, 0.29) is 17.8 Å². The first-order valence-corrected chi connectivity index (χ1v) is 3.62. The summed E-state index contributed by atoms with van der Waals surface area (Å²) in [7, 11) is 0. The van der Waals surface area contributed by atoms with Crippen molar-refractivity contribution in [3.8, 4) is 0 Å². The van der Waals surface area contributed by atoms with Crippen molar-refractivity contribution < 1.29 is 9.90 Å². The Bertz CT molecular complexity index is 360. The van der Waals surface area contributed by atoms with E-state index >= 15 is 0 Å². The number of aromatic nitrogens is 2. The molecule has 1 unspecified atom stereocenters. The maximum Gasteiger partial charge on any atom is 0.320 e. The highest BCUT2D eigenvalue weighted by molar-refractivity contribution is 5.73. The van der Waals surface area contributed by atoms with E-state index in [1.54, 1.807) is 0 Å². The number of nitrogens with one attached hydrogen (secondary N) is 1. The average molecular weight is 183 g/mol. The van der Waals surface area contributed by atoms with Gasteiger partial charge in [0.1, 0.15) is 11.9 Å². The molecule has 1 atom stereocenters. The zero-order valence-electron chi connectivity index (χ0n) is 6.73. The van der Waals surface area contributed by atoms with Gasteiger partial charge in [0.05, 0.1) is 0 Å². The van der Waals surface area contributed by atoms with Crippen molar-refractivity contribution in [1.29, 1.82) is 0 Å². The number of H-pyrrole nitrogens is 1. The van der Waals surface area contributed by atoms with Crippen molar-refractivity contribution >= 4 is 5.97 Å². The zero-order chi connectivity index (χ0) is 9.84. The molecule has 0 saturated heterocycles. The third kappa shape index (κ3) is 2.68. The molecule has 0 saturated carbocycles. The molecule has 4 N–H and O–H groups in total. The minimum atomic E-state index is -1.12. The summed E-state index contributed by atoms with van der Waals surface area (Å²) in [6.07, 6.45) is 1.33. The van der Waals surface area contributed by atoms with Crippen LogP contribution >= 0.6 is 0 Å². The fourth-order valence-electron chi connectivity index (χ4n) is 0.810. The molecular formula is C7H9N3O3. The molecule has 0 aliphatic carbocycles. The topological polar surface area (TPSA) is 109 Å². The van der Waals surface area contributed by atoms with Crippen molar-refractivity contribution in [1.82, 2.24) is 9.97 Å². The summed E-state index contributed by atoms with van der Waals surface area (Å²) in [5.74, 6) is -0.839. The van der Waals surface area contributed by atoms with Crippen LogP contribution in [-0.2, 0) is 11.2 Å². The molecule has 0 spiro atoms. The number of carboxylic acid groups (broad SMARTS) is 1. The van der Waals surface area contributed by atoms with Gasteiger partial charge in [0.15, 0.2) is 0 Å². The normalized spacial score (nSPS) is 12.4. The summed E-state index contributed by atoms with van der Waals surface area (Å²) in [6.45, 7) is 0. The van der Waals surface area contributed by atoms with E-state index in [2.05, 4.69) is 9.97 Å². The number of carbonyl (C=O) groups is 1. The Hall–Kier alpha value is -1.69. The number of aliphatic carboxylic acids is 1. The van der Waals surface area contributed by atoms with Crippen LogP contribution in [0.4, 0.5) is 0 Å². The van der Waals surface area contributed by atoms with Crippen LogP contribution in [0.25, 0.3) is 0 Å². The van der Waals surface area contributed by atoms with Gasteiger partial charge in [-0.15, -0.1) is 0 Å². The van der Waals surface area contributed by atoms with Crippen LogP contribution in [0, 0.1) is 0 Å². The number of aromatic amines is 1. The lowest BCUT2D eigenvalue weighted by molar-refractivity contribution is -0.138. The predicted molar refractivity (Wildman–Crippen MR) is 44.2 cm³/mol. The lowest BCUT2D eigenvalue weighted by atomic mass is 10.2. The quantitative estimate of drug-likeness (QED) is 0.541. The zero-order valence-corrected chi connectivity index (χ0v) is 6.73. The molecule has 70 valence electrons. The first kappa shape index (κ1) is 9.40. The van der Waals surface area contributed by atoms with Crippen molar-refractivity contribution in [2.75, 3.05) is 0 Å². The maximum atomic E-state index is 10.8. The number of nitrogens with two attached hydrogens (primary N) is 1. The summed E-state index contributed by atoms with van der Waals surface area (Å²) < 4.78 is 0. The number of nitrogens with zero attached hydrogens (tertiary/aromatic N) is 1. The molecule has 0 amide bonds. The molecule has 0 fully saturated rings. The second-order valence-corrected chi connectivity index (χ2v) is 2.53. The number of carboxylic acids is 1. The molecule has 0 aromatic carbocycles. The summed E-state index contributed by atoms with van der Waals surface area (Å²) in [5, 5.41) is 8.47. The molecule has 0 radical (unpaired) electrons. The minimum absolute atomic E-state index is 0.0193. The van der Waals surface area contributed by atoms with Gasteiger partial charge in [-0.05, 0) is 0 Å². The lowest BCUT2D eigenvalue weighted by Crippen LogP contribution is -2.33. The SMILES string of the molecule is NC(Cc1nccc(=O)[nH]1)C(=O)O. The lowest BCUT2D eigenvalue weighted by Gasteiger charge is -2.03. The number of rotatable bonds is 3. The van der Waals surface area contributed by atoms with Crippen LogP contribution in [0.15, 0.2) is 17.1 Å². The predicted octanol–water partition coefficient (Wildman–Crippen LogP) is -1.28. The van der Waals surface area contributed by atoms with E-state index < -0.39 is 12.0 Å². The van der Waals surface area contributed by atoms with Gasteiger partial charge in [0.2, 0.25) is 0 Å². The highest BCUT2D eigenvalue weighted by Crippen LogP contribution is 1.91. The number of hydrogen-bond donors (Lipinski definition) is 3. The highest BCUT2D eigenvalue weighted by atomic mass is 16.4. The smallest absolute Gasteiger partial charge is 0.320 e. The summed E-state index contributed by atoms with van der Waals surface area (Å²) in [5.41, 5.74) is 4.92. The Morgan fingerprint density at radius 2 is 2.46 bits per heavy atom. The standard InChI is InChI=1S/C7H9N3O3/c8-4(7(12)13)3-5-9-2-1-6(11)10-5/h1-2,4H,3,8H2,(H,12,13)(H,9,10,11). The minimum Gasteiger partial charge on any atom is -0.480 e. The Labute approximate surface area is 73.4 Å². The first-order chi connectivity index (χ1) is 6.09. The van der Waals surface area contributed by atoms with Crippen molar-refractivity contribution in [2.45, 2.75) is 12.5 Å². The Morgan fingerprint density at radius 3 is 3.00 bits per heavy atom. The molecular weight excluding hydrogens is 174 g/mol. The Balaban J connectivity index is 2.75. The second kappa shape index (κ2) is 3.81. The van der Waals surface area contributed by atoms with Gasteiger partial charge >= 0.3 is 5.97 Å². The molecule has 1 rings (SSSR count). The molecule has 13 heavy (non-hydrogen) atoms. The number of hydrogen-bond acceptors (Lipinski definition) is 4. The van der Waals surface area contributed by atoms with Gasteiger partial charge in [-0.25, -0.2) is 4.98 Å².